The molecule has 1 fully saturated rings. The summed E-state index contributed by atoms with van der Waals surface area (Å²) in [6.07, 6.45) is 8.31. The van der Waals surface area contributed by atoms with E-state index in [0.29, 0.717) is 45.6 Å². The number of hydrogen-bond acceptors (Lipinski definition) is 8. The van der Waals surface area contributed by atoms with Crippen LogP contribution >= 0.6 is 0 Å². The highest BCUT2D eigenvalue weighted by atomic mass is 19.1. The zero-order valence-corrected chi connectivity index (χ0v) is 23.7. The molecule has 0 saturated heterocycles. The van der Waals surface area contributed by atoms with E-state index in [1.54, 1.807) is 23.1 Å². The molecule has 0 aliphatic heterocycles. The number of anilines is 2. The molecule has 2 N–H and O–H groups in total. The monoisotopic (exact) mass is 559 g/mol. The number of nitrogens with one attached hydrogen (secondary N) is 2. The summed E-state index contributed by atoms with van der Waals surface area (Å²) in [6.45, 7) is 6.44. The molecule has 3 aromatic heterocycles. The van der Waals surface area contributed by atoms with Gasteiger partial charge < -0.3 is 10.6 Å². The van der Waals surface area contributed by atoms with E-state index in [1.165, 1.54) is 6.20 Å². The zero-order chi connectivity index (χ0) is 29.5. The first-order chi connectivity index (χ1) is 20.2. The first-order valence-corrected chi connectivity index (χ1v) is 13.8. The van der Waals surface area contributed by atoms with Crippen molar-refractivity contribution in [3.63, 3.8) is 0 Å². The SMILES string of the molecule is CC(C)(C)CNc1c(C#N)cnc2c(C#N)cc(NC(c3cn(C4(CF)CC4)nn3)c3cccc4cnccc34)cc12. The molecule has 0 bridgehead atoms. The highest BCUT2D eigenvalue weighted by Gasteiger charge is 2.46. The number of nitrogens with zero attached hydrogens (tertiary/aromatic N) is 7. The molecular weight excluding hydrogens is 529 g/mol. The highest BCUT2D eigenvalue weighted by Crippen LogP contribution is 2.44. The van der Waals surface area contributed by atoms with E-state index in [9.17, 15) is 14.9 Å². The first kappa shape index (κ1) is 27.1. The largest absolute Gasteiger partial charge is 0.383 e. The third-order valence-electron chi connectivity index (χ3n) is 7.71. The molecule has 42 heavy (non-hydrogen) atoms. The van der Waals surface area contributed by atoms with Gasteiger partial charge in [-0.15, -0.1) is 5.10 Å². The second-order valence-electron chi connectivity index (χ2n) is 12.1. The Morgan fingerprint density at radius 3 is 2.60 bits per heavy atom. The first-order valence-electron chi connectivity index (χ1n) is 13.8. The van der Waals surface area contributed by atoms with Gasteiger partial charge in [-0.3, -0.25) is 9.97 Å². The Bertz CT molecular complexity index is 1880. The molecule has 9 nitrogen and oxygen atoms in total. The molecule has 1 saturated carbocycles. The molecule has 1 aliphatic rings. The maximum Gasteiger partial charge on any atom is 0.115 e. The fourth-order valence-corrected chi connectivity index (χ4v) is 5.19. The topological polar surface area (TPSA) is 128 Å². The number of hydrogen-bond donors (Lipinski definition) is 2. The van der Waals surface area contributed by atoms with Crippen molar-refractivity contribution in [1.29, 1.82) is 10.5 Å². The molecular formula is C32H30FN9. The number of aromatic nitrogens is 5. The fraction of sp³-hybridized carbons (Fsp3) is 0.312. The summed E-state index contributed by atoms with van der Waals surface area (Å²) >= 11 is 0. The maximum atomic E-state index is 13.9. The van der Waals surface area contributed by atoms with Gasteiger partial charge in [-0.25, -0.2) is 9.07 Å². The molecule has 210 valence electrons. The van der Waals surface area contributed by atoms with Gasteiger partial charge in [-0.05, 0) is 47.4 Å². The second-order valence-corrected chi connectivity index (χ2v) is 12.1. The molecule has 10 heteroatoms. The minimum Gasteiger partial charge on any atom is -0.383 e. The van der Waals surface area contributed by atoms with Crippen molar-refractivity contribution in [3.8, 4) is 12.1 Å². The lowest BCUT2D eigenvalue weighted by Crippen LogP contribution is -2.20. The summed E-state index contributed by atoms with van der Waals surface area (Å²) in [5, 5.41) is 38.4. The van der Waals surface area contributed by atoms with Gasteiger partial charge in [0.25, 0.3) is 0 Å². The van der Waals surface area contributed by atoms with Crippen LogP contribution in [0.3, 0.4) is 0 Å². The number of nitriles is 2. The van der Waals surface area contributed by atoms with E-state index in [1.807, 2.05) is 36.5 Å². The quantitative estimate of drug-likeness (QED) is 0.229. The van der Waals surface area contributed by atoms with E-state index in [-0.39, 0.29) is 5.41 Å². The van der Waals surface area contributed by atoms with Gasteiger partial charge in [0.05, 0.1) is 40.1 Å². The predicted octanol–water partition coefficient (Wildman–Crippen LogP) is 6.24. The molecule has 5 aromatic rings. The van der Waals surface area contributed by atoms with Crippen LogP contribution in [0.2, 0.25) is 0 Å². The molecule has 0 spiro atoms. The van der Waals surface area contributed by atoms with Crippen LogP contribution < -0.4 is 10.6 Å². The summed E-state index contributed by atoms with van der Waals surface area (Å²) in [5.41, 5.74) is 3.44. The smallest absolute Gasteiger partial charge is 0.115 e. The maximum absolute atomic E-state index is 13.9. The van der Waals surface area contributed by atoms with Crippen molar-refractivity contribution >= 4 is 33.1 Å². The number of rotatable bonds is 8. The van der Waals surface area contributed by atoms with Crippen molar-refractivity contribution in [1.82, 2.24) is 25.0 Å². The molecule has 6 rings (SSSR count). The lowest BCUT2D eigenvalue weighted by Gasteiger charge is -2.23. The Morgan fingerprint density at radius 1 is 1.07 bits per heavy atom. The molecule has 1 aliphatic carbocycles. The van der Waals surface area contributed by atoms with Crippen LogP contribution in [0.1, 0.15) is 62.0 Å². The molecule has 0 amide bonds. The van der Waals surface area contributed by atoms with E-state index in [2.05, 4.69) is 63.8 Å². The summed E-state index contributed by atoms with van der Waals surface area (Å²) in [4.78, 5) is 8.74. The Balaban J connectivity index is 1.50. The number of benzene rings is 2. The zero-order valence-electron chi connectivity index (χ0n) is 23.7. The number of halogens is 1. The molecule has 1 unspecified atom stereocenters. The van der Waals surface area contributed by atoms with Crippen molar-refractivity contribution in [2.24, 2.45) is 5.41 Å². The Morgan fingerprint density at radius 2 is 1.88 bits per heavy atom. The number of pyridine rings is 2. The minimum atomic E-state index is -0.623. The molecule has 1 atom stereocenters. The van der Waals surface area contributed by atoms with Crippen LogP contribution in [-0.2, 0) is 5.54 Å². The predicted molar refractivity (Wildman–Crippen MR) is 160 cm³/mol. The van der Waals surface area contributed by atoms with Crippen molar-refractivity contribution in [3.05, 3.63) is 83.6 Å². The van der Waals surface area contributed by atoms with Crippen LogP contribution in [-0.4, -0.2) is 38.2 Å². The van der Waals surface area contributed by atoms with Gasteiger partial charge in [-0.1, -0.05) is 44.2 Å². The summed E-state index contributed by atoms with van der Waals surface area (Å²) in [6, 6.07) is 15.6. The summed E-state index contributed by atoms with van der Waals surface area (Å²) in [5.74, 6) is 0. The van der Waals surface area contributed by atoms with Gasteiger partial charge in [0, 0.05) is 41.6 Å². The summed E-state index contributed by atoms with van der Waals surface area (Å²) in [7, 11) is 0. The Hall–Kier alpha value is -5.09. The average Bonchev–Trinajstić information content (AvgIpc) is 3.64. The van der Waals surface area contributed by atoms with Crippen LogP contribution in [0.15, 0.2) is 61.2 Å². The third kappa shape index (κ3) is 4.97. The van der Waals surface area contributed by atoms with Gasteiger partial charge >= 0.3 is 0 Å². The van der Waals surface area contributed by atoms with Crippen LogP contribution in [0.4, 0.5) is 15.8 Å². The highest BCUT2D eigenvalue weighted by molar-refractivity contribution is 5.99. The molecule has 2 aromatic carbocycles. The van der Waals surface area contributed by atoms with Crippen LogP contribution in [0, 0.1) is 28.1 Å². The van der Waals surface area contributed by atoms with Gasteiger partial charge in [0.2, 0.25) is 0 Å². The van der Waals surface area contributed by atoms with E-state index in [0.717, 1.165) is 29.2 Å². The third-order valence-corrected chi connectivity index (χ3v) is 7.71. The van der Waals surface area contributed by atoms with E-state index >= 15 is 0 Å². The summed E-state index contributed by atoms with van der Waals surface area (Å²) < 4.78 is 15.5. The average molecular weight is 560 g/mol. The van der Waals surface area contributed by atoms with Gasteiger partial charge in [0.1, 0.15) is 24.5 Å². The van der Waals surface area contributed by atoms with E-state index < -0.39 is 18.3 Å². The van der Waals surface area contributed by atoms with Gasteiger partial charge in [0.15, 0.2) is 0 Å². The number of fused-ring (bicyclic) bond motifs is 2. The van der Waals surface area contributed by atoms with Crippen molar-refractivity contribution in [2.75, 3.05) is 23.9 Å². The number of alkyl halides is 1. The Labute approximate surface area is 243 Å². The Kier molecular flexibility index (Phi) is 6.70. The van der Waals surface area contributed by atoms with Gasteiger partial charge in [-0.2, -0.15) is 10.5 Å². The van der Waals surface area contributed by atoms with E-state index in [4.69, 9.17) is 0 Å². The molecule has 3 heterocycles. The van der Waals surface area contributed by atoms with Crippen LogP contribution in [0.25, 0.3) is 21.7 Å². The van der Waals surface area contributed by atoms with Crippen molar-refractivity contribution in [2.45, 2.75) is 45.2 Å². The van der Waals surface area contributed by atoms with Crippen LogP contribution in [0.5, 0.6) is 0 Å². The second kappa shape index (κ2) is 10.4. The van der Waals surface area contributed by atoms with Crippen molar-refractivity contribution < 1.29 is 4.39 Å². The fourth-order valence-electron chi connectivity index (χ4n) is 5.19. The normalized spacial score (nSPS) is 14.7. The lowest BCUT2D eigenvalue weighted by atomic mass is 9.96. The standard InChI is InChI=1S/C32H30FN9/c1-31(2,3)19-38-29-22(14-35)16-37-28-21(13-34)11-23(12-26(28)29)39-30(25-6-4-5-20-15-36-10-7-24(20)25)27-17-42(41-40-27)32(18-33)8-9-32/h4-7,10-12,15-17,30,39H,8-9,18-19H2,1-3H3,(H,37,38). The minimum absolute atomic E-state index is 0.0467. The molecule has 0 radical (unpaired) electrons. The lowest BCUT2D eigenvalue weighted by molar-refractivity contribution is 0.309.